The molecule has 0 radical (unpaired) electrons. The van der Waals surface area contributed by atoms with Crippen LogP contribution in [0.15, 0.2) is 0 Å². The molecule has 2 heterocycles. The first-order valence-electron chi connectivity index (χ1n) is 7.63. The molecule has 2 unspecified atom stereocenters. The van der Waals surface area contributed by atoms with E-state index in [1.54, 1.807) is 6.92 Å². The number of carbonyl (C=O) groups excluding carboxylic acids is 2. The second kappa shape index (κ2) is 6.40. The number of urea groups is 1. The summed E-state index contributed by atoms with van der Waals surface area (Å²) in [5.41, 5.74) is 0. The first-order valence-corrected chi connectivity index (χ1v) is 7.63. The van der Waals surface area contributed by atoms with E-state index in [-0.39, 0.29) is 17.9 Å². The third kappa shape index (κ3) is 3.71. The fourth-order valence-electron chi connectivity index (χ4n) is 3.34. The van der Waals surface area contributed by atoms with Crippen molar-refractivity contribution in [2.45, 2.75) is 58.4 Å². The van der Waals surface area contributed by atoms with Crippen LogP contribution in [0, 0.1) is 5.92 Å². The Morgan fingerprint density at radius 2 is 1.89 bits per heavy atom. The second-order valence-electron chi connectivity index (χ2n) is 6.23. The Kier molecular flexibility index (Phi) is 4.83. The van der Waals surface area contributed by atoms with Crippen molar-refractivity contribution in [1.29, 1.82) is 0 Å². The molecule has 108 valence electrons. The maximum absolute atomic E-state index is 12.6. The molecule has 2 aliphatic heterocycles. The van der Waals surface area contributed by atoms with Crippen molar-refractivity contribution in [3.8, 4) is 0 Å². The summed E-state index contributed by atoms with van der Waals surface area (Å²) in [7, 11) is 0. The van der Waals surface area contributed by atoms with Gasteiger partial charge in [-0.05, 0) is 44.9 Å². The lowest BCUT2D eigenvalue weighted by atomic mass is 9.97. The predicted molar refractivity (Wildman–Crippen MR) is 75.0 cm³/mol. The maximum atomic E-state index is 12.6. The highest BCUT2D eigenvalue weighted by Crippen LogP contribution is 2.24. The normalized spacial score (nSPS) is 28.3. The Hall–Kier alpha value is -1.06. The molecule has 4 nitrogen and oxygen atoms in total. The van der Waals surface area contributed by atoms with E-state index in [1.807, 2.05) is 9.80 Å². The Labute approximate surface area is 116 Å². The molecule has 2 amide bonds. The third-order valence-electron chi connectivity index (χ3n) is 4.32. The van der Waals surface area contributed by atoms with E-state index in [9.17, 15) is 9.59 Å². The largest absolute Gasteiger partial charge is 0.324 e. The van der Waals surface area contributed by atoms with Crippen LogP contribution in [0.1, 0.15) is 52.4 Å². The predicted octanol–water partition coefficient (Wildman–Crippen LogP) is 2.67. The molecule has 2 atom stereocenters. The molecule has 0 aromatic rings. The maximum Gasteiger partial charge on any atom is 0.320 e. The van der Waals surface area contributed by atoms with Crippen LogP contribution in [0.4, 0.5) is 4.79 Å². The summed E-state index contributed by atoms with van der Waals surface area (Å²) < 4.78 is 0. The lowest BCUT2D eigenvalue weighted by Gasteiger charge is -2.41. The summed E-state index contributed by atoms with van der Waals surface area (Å²) in [6, 6.07) is 0.300. The Bertz CT molecular complexity index is 343. The molecule has 0 aliphatic carbocycles. The van der Waals surface area contributed by atoms with E-state index in [4.69, 9.17) is 0 Å². The van der Waals surface area contributed by atoms with Crippen LogP contribution in [0.2, 0.25) is 0 Å². The molecule has 0 spiro atoms. The molecule has 0 N–H and O–H groups in total. The van der Waals surface area contributed by atoms with Crippen molar-refractivity contribution >= 4 is 11.8 Å². The number of nitrogens with zero attached hydrogens (tertiary/aromatic N) is 2. The number of likely N-dealkylation sites (tertiary alicyclic amines) is 2. The molecule has 0 aromatic heterocycles. The average molecular weight is 266 g/mol. The van der Waals surface area contributed by atoms with E-state index in [2.05, 4.69) is 6.92 Å². The number of hydrogen-bond acceptors (Lipinski definition) is 2. The number of hydrogen-bond donors (Lipinski definition) is 0. The van der Waals surface area contributed by atoms with E-state index in [0.29, 0.717) is 12.3 Å². The standard InChI is InChI=1S/C15H26N2O2/c1-12-6-5-8-16(11-12)15(19)17-9-4-3-7-14(17)10-13(2)18/h12,14H,3-11H2,1-2H3. The van der Waals surface area contributed by atoms with Gasteiger partial charge in [0, 0.05) is 32.1 Å². The van der Waals surface area contributed by atoms with Gasteiger partial charge in [-0.2, -0.15) is 0 Å². The molecule has 0 bridgehead atoms. The van der Waals surface area contributed by atoms with Gasteiger partial charge in [-0.25, -0.2) is 4.79 Å². The van der Waals surface area contributed by atoms with Gasteiger partial charge in [0.25, 0.3) is 0 Å². The Balaban J connectivity index is 2.00. The van der Waals surface area contributed by atoms with Gasteiger partial charge in [-0.3, -0.25) is 4.79 Å². The lowest BCUT2D eigenvalue weighted by molar-refractivity contribution is -0.118. The first-order chi connectivity index (χ1) is 9.08. The van der Waals surface area contributed by atoms with Crippen molar-refractivity contribution in [2.24, 2.45) is 5.92 Å². The minimum absolute atomic E-state index is 0.135. The van der Waals surface area contributed by atoms with Gasteiger partial charge in [0.1, 0.15) is 5.78 Å². The van der Waals surface area contributed by atoms with Crippen LogP contribution in [0.3, 0.4) is 0 Å². The SMILES string of the molecule is CC(=O)CC1CCCCN1C(=O)N1CCCC(C)C1. The van der Waals surface area contributed by atoms with Crippen LogP contribution >= 0.6 is 0 Å². The van der Waals surface area contributed by atoms with Crippen molar-refractivity contribution in [2.75, 3.05) is 19.6 Å². The van der Waals surface area contributed by atoms with Gasteiger partial charge in [0.15, 0.2) is 0 Å². The van der Waals surface area contributed by atoms with Crippen LogP contribution in [-0.2, 0) is 4.79 Å². The molecule has 2 saturated heterocycles. The fourth-order valence-corrected chi connectivity index (χ4v) is 3.34. The van der Waals surface area contributed by atoms with Crippen LogP contribution in [-0.4, -0.2) is 47.3 Å². The van der Waals surface area contributed by atoms with Crippen molar-refractivity contribution in [3.05, 3.63) is 0 Å². The highest BCUT2D eigenvalue weighted by molar-refractivity contribution is 5.79. The Morgan fingerprint density at radius 3 is 2.58 bits per heavy atom. The van der Waals surface area contributed by atoms with Crippen LogP contribution in [0.25, 0.3) is 0 Å². The van der Waals surface area contributed by atoms with Crippen molar-refractivity contribution in [3.63, 3.8) is 0 Å². The van der Waals surface area contributed by atoms with E-state index in [0.717, 1.165) is 45.3 Å². The monoisotopic (exact) mass is 266 g/mol. The Morgan fingerprint density at radius 1 is 1.11 bits per heavy atom. The number of rotatable bonds is 2. The zero-order valence-electron chi connectivity index (χ0n) is 12.2. The lowest BCUT2D eigenvalue weighted by Crippen LogP contribution is -2.52. The third-order valence-corrected chi connectivity index (χ3v) is 4.32. The summed E-state index contributed by atoms with van der Waals surface area (Å²) >= 11 is 0. The number of piperidine rings is 2. The molecule has 0 saturated carbocycles. The number of amides is 2. The highest BCUT2D eigenvalue weighted by Gasteiger charge is 2.32. The number of Topliss-reactive ketones (excluding diaryl/α,β-unsaturated/α-hetero) is 1. The van der Waals surface area contributed by atoms with E-state index < -0.39 is 0 Å². The smallest absolute Gasteiger partial charge is 0.320 e. The quantitative estimate of drug-likeness (QED) is 0.771. The zero-order valence-corrected chi connectivity index (χ0v) is 12.2. The van der Waals surface area contributed by atoms with Gasteiger partial charge < -0.3 is 9.80 Å². The minimum Gasteiger partial charge on any atom is -0.324 e. The molecule has 2 fully saturated rings. The molecule has 19 heavy (non-hydrogen) atoms. The summed E-state index contributed by atoms with van der Waals surface area (Å²) in [6.07, 6.45) is 6.05. The fraction of sp³-hybridized carbons (Fsp3) is 0.867. The highest BCUT2D eigenvalue weighted by atomic mass is 16.2. The van der Waals surface area contributed by atoms with Gasteiger partial charge in [0.05, 0.1) is 0 Å². The van der Waals surface area contributed by atoms with Gasteiger partial charge in [-0.1, -0.05) is 6.92 Å². The minimum atomic E-state index is 0.135. The van der Waals surface area contributed by atoms with Gasteiger partial charge >= 0.3 is 6.03 Å². The molecular weight excluding hydrogens is 240 g/mol. The number of ketones is 1. The average Bonchev–Trinajstić information content (AvgIpc) is 2.38. The number of carbonyl (C=O) groups is 2. The van der Waals surface area contributed by atoms with E-state index in [1.165, 1.54) is 6.42 Å². The second-order valence-corrected chi connectivity index (χ2v) is 6.23. The van der Waals surface area contributed by atoms with Crippen LogP contribution < -0.4 is 0 Å². The summed E-state index contributed by atoms with van der Waals surface area (Å²) in [6.45, 7) is 6.42. The van der Waals surface area contributed by atoms with Crippen molar-refractivity contribution < 1.29 is 9.59 Å². The summed E-state index contributed by atoms with van der Waals surface area (Å²) in [5, 5.41) is 0. The molecule has 2 rings (SSSR count). The molecular formula is C15H26N2O2. The first kappa shape index (κ1) is 14.4. The van der Waals surface area contributed by atoms with Crippen LogP contribution in [0.5, 0.6) is 0 Å². The molecule has 4 heteroatoms. The molecule has 2 aliphatic rings. The summed E-state index contributed by atoms with van der Waals surface area (Å²) in [4.78, 5) is 27.9. The molecule has 0 aromatic carbocycles. The topological polar surface area (TPSA) is 40.6 Å². The summed E-state index contributed by atoms with van der Waals surface area (Å²) in [5.74, 6) is 0.797. The van der Waals surface area contributed by atoms with Gasteiger partial charge in [0.2, 0.25) is 0 Å². The van der Waals surface area contributed by atoms with Crippen molar-refractivity contribution in [1.82, 2.24) is 9.80 Å². The van der Waals surface area contributed by atoms with Gasteiger partial charge in [-0.15, -0.1) is 0 Å². The van der Waals surface area contributed by atoms with E-state index >= 15 is 0 Å². The zero-order chi connectivity index (χ0) is 13.8.